The first kappa shape index (κ1) is 16.0. The van der Waals surface area contributed by atoms with Crippen molar-refractivity contribution in [1.29, 1.82) is 0 Å². The molecule has 0 atom stereocenters. The van der Waals surface area contributed by atoms with Crippen LogP contribution < -0.4 is 10.2 Å². The summed E-state index contributed by atoms with van der Waals surface area (Å²) in [5.41, 5.74) is 5.14. The van der Waals surface area contributed by atoms with Gasteiger partial charge in [-0.1, -0.05) is 5.16 Å². The van der Waals surface area contributed by atoms with Gasteiger partial charge in [0, 0.05) is 31.2 Å². The largest absolute Gasteiger partial charge is 0.378 e. The number of hydrogen-bond acceptors (Lipinski definition) is 5. The van der Waals surface area contributed by atoms with Gasteiger partial charge in [0.1, 0.15) is 0 Å². The number of anilines is 2. The third-order valence-electron chi connectivity index (χ3n) is 3.96. The standard InChI is InChI=1S/C18H20N4O2/c1-10-8-13(22(4)5)6-7-15(10)20-17(23)14-9-11(2)19-18-16(14)12(3)21-24-18/h6-9H,1-5H3,(H,20,23). The van der Waals surface area contributed by atoms with Crippen LogP contribution >= 0.6 is 0 Å². The number of nitrogens with zero attached hydrogens (tertiary/aromatic N) is 3. The van der Waals surface area contributed by atoms with E-state index in [9.17, 15) is 4.79 Å². The Bertz CT molecular complexity index is 928. The summed E-state index contributed by atoms with van der Waals surface area (Å²) in [7, 11) is 3.97. The fraction of sp³-hybridized carbons (Fsp3) is 0.278. The summed E-state index contributed by atoms with van der Waals surface area (Å²) in [5.74, 6) is -0.197. The smallest absolute Gasteiger partial charge is 0.258 e. The van der Waals surface area contributed by atoms with E-state index in [0.29, 0.717) is 28.1 Å². The molecule has 1 amide bonds. The monoisotopic (exact) mass is 324 g/mol. The molecule has 3 aromatic rings. The van der Waals surface area contributed by atoms with Crippen molar-refractivity contribution in [3.05, 3.63) is 46.8 Å². The lowest BCUT2D eigenvalue weighted by molar-refractivity contribution is 0.102. The van der Waals surface area contributed by atoms with Crippen molar-refractivity contribution in [2.45, 2.75) is 20.8 Å². The summed E-state index contributed by atoms with van der Waals surface area (Å²) in [6.45, 7) is 5.60. The Hall–Kier alpha value is -2.89. The zero-order valence-electron chi connectivity index (χ0n) is 14.5. The summed E-state index contributed by atoms with van der Waals surface area (Å²) < 4.78 is 5.19. The molecular formula is C18H20N4O2. The van der Waals surface area contributed by atoms with Gasteiger partial charge in [0.25, 0.3) is 11.6 Å². The van der Waals surface area contributed by atoms with Gasteiger partial charge in [-0.25, -0.2) is 4.98 Å². The molecular weight excluding hydrogens is 304 g/mol. The van der Waals surface area contributed by atoms with Crippen molar-refractivity contribution < 1.29 is 9.32 Å². The molecule has 0 aliphatic heterocycles. The van der Waals surface area contributed by atoms with E-state index in [-0.39, 0.29) is 5.91 Å². The van der Waals surface area contributed by atoms with Crippen LogP contribution in [0, 0.1) is 20.8 Å². The second-order valence-corrected chi connectivity index (χ2v) is 6.11. The minimum atomic E-state index is -0.197. The Morgan fingerprint density at radius 2 is 1.92 bits per heavy atom. The van der Waals surface area contributed by atoms with Gasteiger partial charge < -0.3 is 14.7 Å². The predicted molar refractivity (Wildman–Crippen MR) is 94.7 cm³/mol. The number of aryl methyl sites for hydroxylation is 3. The zero-order valence-corrected chi connectivity index (χ0v) is 14.5. The van der Waals surface area contributed by atoms with Crippen molar-refractivity contribution in [3.63, 3.8) is 0 Å². The number of carbonyl (C=O) groups excluding carboxylic acids is 1. The molecule has 2 heterocycles. The topological polar surface area (TPSA) is 71.3 Å². The normalized spacial score (nSPS) is 10.9. The Kier molecular flexibility index (Phi) is 3.97. The summed E-state index contributed by atoms with van der Waals surface area (Å²) in [5, 5.41) is 7.54. The maximum absolute atomic E-state index is 12.8. The van der Waals surface area contributed by atoms with Gasteiger partial charge >= 0.3 is 0 Å². The Labute approximate surface area is 140 Å². The van der Waals surface area contributed by atoms with E-state index < -0.39 is 0 Å². The fourth-order valence-corrected chi connectivity index (χ4v) is 2.65. The molecule has 0 saturated carbocycles. The highest BCUT2D eigenvalue weighted by molar-refractivity contribution is 6.12. The van der Waals surface area contributed by atoms with E-state index in [2.05, 4.69) is 15.5 Å². The molecule has 24 heavy (non-hydrogen) atoms. The van der Waals surface area contributed by atoms with Crippen LogP contribution in [-0.2, 0) is 0 Å². The molecule has 6 heteroatoms. The molecule has 0 saturated heterocycles. The average Bonchev–Trinajstić information content (AvgIpc) is 2.89. The molecule has 3 rings (SSSR count). The molecule has 1 N–H and O–H groups in total. The number of fused-ring (bicyclic) bond motifs is 1. The van der Waals surface area contributed by atoms with Crippen LogP contribution in [0.2, 0.25) is 0 Å². The van der Waals surface area contributed by atoms with Crippen molar-refractivity contribution >= 4 is 28.4 Å². The number of rotatable bonds is 3. The number of pyridine rings is 1. The lowest BCUT2D eigenvalue weighted by Crippen LogP contribution is -2.15. The predicted octanol–water partition coefficient (Wildman–Crippen LogP) is 3.47. The summed E-state index contributed by atoms with van der Waals surface area (Å²) in [6.07, 6.45) is 0. The van der Waals surface area contributed by atoms with Crippen LogP contribution in [0.25, 0.3) is 11.1 Å². The molecule has 0 spiro atoms. The number of nitrogens with one attached hydrogen (secondary N) is 1. The van der Waals surface area contributed by atoms with Gasteiger partial charge in [-0.05, 0) is 50.6 Å². The van der Waals surface area contributed by atoms with E-state index in [0.717, 1.165) is 16.9 Å². The van der Waals surface area contributed by atoms with Crippen LogP contribution in [0.1, 0.15) is 27.3 Å². The number of benzene rings is 1. The van der Waals surface area contributed by atoms with E-state index in [1.54, 1.807) is 13.0 Å². The summed E-state index contributed by atoms with van der Waals surface area (Å²) >= 11 is 0. The van der Waals surface area contributed by atoms with E-state index in [4.69, 9.17) is 4.52 Å². The van der Waals surface area contributed by atoms with Crippen molar-refractivity contribution in [1.82, 2.24) is 10.1 Å². The van der Waals surface area contributed by atoms with Crippen molar-refractivity contribution in [2.75, 3.05) is 24.3 Å². The number of hydrogen-bond donors (Lipinski definition) is 1. The third kappa shape index (κ3) is 2.82. The highest BCUT2D eigenvalue weighted by atomic mass is 16.5. The van der Waals surface area contributed by atoms with E-state index >= 15 is 0 Å². The fourth-order valence-electron chi connectivity index (χ4n) is 2.65. The average molecular weight is 324 g/mol. The molecule has 124 valence electrons. The van der Waals surface area contributed by atoms with Crippen LogP contribution in [0.5, 0.6) is 0 Å². The molecule has 0 fully saturated rings. The Morgan fingerprint density at radius 3 is 2.58 bits per heavy atom. The van der Waals surface area contributed by atoms with Gasteiger partial charge in [0.15, 0.2) is 0 Å². The highest BCUT2D eigenvalue weighted by Crippen LogP contribution is 2.25. The Balaban J connectivity index is 1.98. The van der Waals surface area contributed by atoms with E-state index in [1.165, 1.54) is 0 Å². The molecule has 0 unspecified atom stereocenters. The zero-order chi connectivity index (χ0) is 17.4. The van der Waals surface area contributed by atoms with Crippen LogP contribution in [0.4, 0.5) is 11.4 Å². The second kappa shape index (κ2) is 5.96. The minimum Gasteiger partial charge on any atom is -0.378 e. The van der Waals surface area contributed by atoms with Crippen LogP contribution in [0.3, 0.4) is 0 Å². The van der Waals surface area contributed by atoms with Gasteiger partial charge in [0.05, 0.1) is 16.6 Å². The SMILES string of the molecule is Cc1cc(C(=O)Nc2ccc(N(C)C)cc2C)c2c(C)noc2n1. The molecule has 1 aromatic carbocycles. The summed E-state index contributed by atoms with van der Waals surface area (Å²) in [6, 6.07) is 7.67. The lowest BCUT2D eigenvalue weighted by Gasteiger charge is -2.15. The third-order valence-corrected chi connectivity index (χ3v) is 3.96. The molecule has 0 aliphatic carbocycles. The van der Waals surface area contributed by atoms with Crippen LogP contribution in [0.15, 0.2) is 28.8 Å². The lowest BCUT2D eigenvalue weighted by atomic mass is 10.1. The van der Waals surface area contributed by atoms with Crippen molar-refractivity contribution in [2.24, 2.45) is 0 Å². The maximum atomic E-state index is 12.8. The van der Waals surface area contributed by atoms with Gasteiger partial charge in [-0.2, -0.15) is 0 Å². The van der Waals surface area contributed by atoms with Gasteiger partial charge in [-0.15, -0.1) is 0 Å². The summed E-state index contributed by atoms with van der Waals surface area (Å²) in [4.78, 5) is 19.1. The number of aromatic nitrogens is 2. The van der Waals surface area contributed by atoms with Gasteiger partial charge in [0.2, 0.25) is 0 Å². The first-order valence-electron chi connectivity index (χ1n) is 7.70. The van der Waals surface area contributed by atoms with Crippen molar-refractivity contribution in [3.8, 4) is 0 Å². The second-order valence-electron chi connectivity index (χ2n) is 6.11. The first-order valence-corrected chi connectivity index (χ1v) is 7.70. The molecule has 6 nitrogen and oxygen atoms in total. The van der Waals surface area contributed by atoms with E-state index in [1.807, 2.05) is 51.0 Å². The number of carbonyl (C=O) groups is 1. The quantitative estimate of drug-likeness (QED) is 0.799. The molecule has 2 aromatic heterocycles. The van der Waals surface area contributed by atoms with Crippen LogP contribution in [-0.4, -0.2) is 30.1 Å². The Morgan fingerprint density at radius 1 is 1.17 bits per heavy atom. The van der Waals surface area contributed by atoms with Gasteiger partial charge in [-0.3, -0.25) is 4.79 Å². The molecule has 0 radical (unpaired) electrons. The minimum absolute atomic E-state index is 0.197. The molecule has 0 bridgehead atoms. The first-order chi connectivity index (χ1) is 11.4. The maximum Gasteiger partial charge on any atom is 0.258 e. The number of amides is 1. The molecule has 0 aliphatic rings. The highest BCUT2D eigenvalue weighted by Gasteiger charge is 2.18.